The van der Waals surface area contributed by atoms with E-state index in [1.807, 2.05) is 18.2 Å². The molecule has 19 heavy (non-hydrogen) atoms. The summed E-state index contributed by atoms with van der Waals surface area (Å²) in [5.74, 6) is 0.840. The van der Waals surface area contributed by atoms with E-state index in [0.717, 1.165) is 28.9 Å². The molecular weight excluding hydrogens is 258 g/mol. The molecule has 0 saturated heterocycles. The smallest absolute Gasteiger partial charge is 0.195 e. The van der Waals surface area contributed by atoms with E-state index in [2.05, 4.69) is 37.0 Å². The number of aromatic nitrogens is 1. The van der Waals surface area contributed by atoms with Crippen LogP contribution in [0.25, 0.3) is 10.2 Å². The van der Waals surface area contributed by atoms with E-state index in [0.29, 0.717) is 5.01 Å². The van der Waals surface area contributed by atoms with Gasteiger partial charge in [-0.1, -0.05) is 0 Å². The Morgan fingerprint density at radius 3 is 2.95 bits per heavy atom. The second-order valence-electron chi connectivity index (χ2n) is 4.78. The largest absolute Gasteiger partial charge is 0.491 e. The van der Waals surface area contributed by atoms with Gasteiger partial charge in [-0.25, -0.2) is 4.98 Å². The third-order valence-electron chi connectivity index (χ3n) is 2.78. The molecule has 2 rings (SSSR count). The Kier molecular flexibility index (Phi) is 4.35. The Hall–Kier alpha value is -1.64. The van der Waals surface area contributed by atoms with Crippen molar-refractivity contribution in [3.63, 3.8) is 0 Å². The van der Waals surface area contributed by atoms with Crippen molar-refractivity contribution in [2.45, 2.75) is 19.4 Å². The highest BCUT2D eigenvalue weighted by Gasteiger charge is 2.08. The van der Waals surface area contributed by atoms with Gasteiger partial charge < -0.3 is 9.64 Å². The molecule has 1 aromatic heterocycles. The van der Waals surface area contributed by atoms with Crippen molar-refractivity contribution in [1.82, 2.24) is 9.88 Å². The minimum atomic E-state index is 0.170. The highest BCUT2D eigenvalue weighted by Crippen LogP contribution is 2.26. The minimum Gasteiger partial charge on any atom is -0.491 e. The van der Waals surface area contributed by atoms with Crippen molar-refractivity contribution < 1.29 is 4.74 Å². The Balaban J connectivity index is 2.06. The molecule has 1 aromatic carbocycles. The quantitative estimate of drug-likeness (QED) is 0.842. The summed E-state index contributed by atoms with van der Waals surface area (Å²) in [6.45, 7) is 3.07. The van der Waals surface area contributed by atoms with Crippen LogP contribution in [0.1, 0.15) is 18.4 Å². The van der Waals surface area contributed by atoms with Gasteiger partial charge in [0.2, 0.25) is 0 Å². The lowest BCUT2D eigenvalue weighted by atomic mass is 10.2. The zero-order chi connectivity index (χ0) is 13.8. The van der Waals surface area contributed by atoms with Gasteiger partial charge in [-0.15, -0.1) is 11.3 Å². The Morgan fingerprint density at radius 1 is 1.47 bits per heavy atom. The zero-order valence-corrected chi connectivity index (χ0v) is 12.2. The van der Waals surface area contributed by atoms with Crippen LogP contribution in [-0.4, -0.2) is 36.6 Å². The normalized spacial score (nSPS) is 12.6. The van der Waals surface area contributed by atoms with Crippen LogP contribution in [0.15, 0.2) is 18.2 Å². The van der Waals surface area contributed by atoms with Crippen LogP contribution in [0, 0.1) is 11.3 Å². The SMILES string of the molecule is CC(CCN(C)C)Oc1ccc2nc(C#N)sc2c1. The van der Waals surface area contributed by atoms with Gasteiger partial charge in [-0.05, 0) is 45.6 Å². The van der Waals surface area contributed by atoms with Crippen LogP contribution in [0.2, 0.25) is 0 Å². The molecule has 2 aromatic rings. The van der Waals surface area contributed by atoms with Crippen LogP contribution >= 0.6 is 11.3 Å². The second-order valence-corrected chi connectivity index (χ2v) is 5.81. The monoisotopic (exact) mass is 275 g/mol. The Bertz CT molecular complexity index is 600. The molecule has 0 aliphatic rings. The Labute approximate surface area is 117 Å². The maximum absolute atomic E-state index is 8.84. The van der Waals surface area contributed by atoms with Crippen molar-refractivity contribution in [3.05, 3.63) is 23.2 Å². The molecule has 1 atom stereocenters. The van der Waals surface area contributed by atoms with Crippen molar-refractivity contribution in [2.24, 2.45) is 0 Å². The third kappa shape index (κ3) is 3.66. The fraction of sp³-hybridized carbons (Fsp3) is 0.429. The van der Waals surface area contributed by atoms with Crippen molar-refractivity contribution >= 4 is 21.6 Å². The number of fused-ring (bicyclic) bond motifs is 1. The summed E-state index contributed by atoms with van der Waals surface area (Å²) in [5.41, 5.74) is 0.856. The zero-order valence-electron chi connectivity index (χ0n) is 11.4. The number of nitriles is 1. The van der Waals surface area contributed by atoms with Gasteiger partial charge in [0.25, 0.3) is 0 Å². The van der Waals surface area contributed by atoms with Gasteiger partial charge in [0.1, 0.15) is 11.8 Å². The standard InChI is InChI=1S/C14H17N3OS/c1-10(6-7-17(2)3)18-11-4-5-12-13(8-11)19-14(9-15)16-12/h4-5,8,10H,6-7H2,1-3H3. The fourth-order valence-electron chi connectivity index (χ4n) is 1.76. The third-order valence-corrected chi connectivity index (χ3v) is 3.70. The average Bonchev–Trinajstić information content (AvgIpc) is 2.78. The molecule has 0 spiro atoms. The first-order chi connectivity index (χ1) is 9.08. The summed E-state index contributed by atoms with van der Waals surface area (Å²) in [7, 11) is 4.11. The first kappa shape index (κ1) is 13.8. The van der Waals surface area contributed by atoms with Crippen LogP contribution in [0.5, 0.6) is 5.75 Å². The number of ether oxygens (including phenoxy) is 1. The molecule has 100 valence electrons. The van der Waals surface area contributed by atoms with Crippen LogP contribution < -0.4 is 4.74 Å². The predicted molar refractivity (Wildman–Crippen MR) is 77.6 cm³/mol. The molecule has 1 heterocycles. The summed E-state index contributed by atoms with van der Waals surface area (Å²) in [5, 5.41) is 9.33. The number of benzene rings is 1. The molecular formula is C14H17N3OS. The second kappa shape index (κ2) is 6.00. The van der Waals surface area contributed by atoms with Crippen molar-refractivity contribution in [1.29, 1.82) is 5.26 Å². The molecule has 0 N–H and O–H groups in total. The van der Waals surface area contributed by atoms with Gasteiger partial charge in [0.05, 0.1) is 16.3 Å². The highest BCUT2D eigenvalue weighted by molar-refractivity contribution is 7.19. The van der Waals surface area contributed by atoms with Crippen LogP contribution in [0.3, 0.4) is 0 Å². The first-order valence-corrected chi connectivity index (χ1v) is 7.02. The lowest BCUT2D eigenvalue weighted by Crippen LogP contribution is -2.21. The molecule has 0 aliphatic heterocycles. The molecule has 0 bridgehead atoms. The van der Waals surface area contributed by atoms with E-state index in [4.69, 9.17) is 10.00 Å². The average molecular weight is 275 g/mol. The first-order valence-electron chi connectivity index (χ1n) is 6.20. The van der Waals surface area contributed by atoms with Gasteiger partial charge in [0.15, 0.2) is 5.01 Å². The highest BCUT2D eigenvalue weighted by atomic mass is 32.1. The van der Waals surface area contributed by atoms with Crippen LogP contribution in [-0.2, 0) is 0 Å². The van der Waals surface area contributed by atoms with Crippen LogP contribution in [0.4, 0.5) is 0 Å². The summed E-state index contributed by atoms with van der Waals surface area (Å²) < 4.78 is 6.88. The number of thiazole rings is 1. The summed E-state index contributed by atoms with van der Waals surface area (Å²) >= 11 is 1.40. The van der Waals surface area contributed by atoms with E-state index in [9.17, 15) is 0 Å². The molecule has 0 radical (unpaired) electrons. The maximum atomic E-state index is 8.84. The number of rotatable bonds is 5. The maximum Gasteiger partial charge on any atom is 0.195 e. The molecule has 1 unspecified atom stereocenters. The lowest BCUT2D eigenvalue weighted by molar-refractivity contribution is 0.195. The van der Waals surface area contributed by atoms with E-state index in [-0.39, 0.29) is 6.10 Å². The number of hydrogen-bond acceptors (Lipinski definition) is 5. The lowest BCUT2D eigenvalue weighted by Gasteiger charge is -2.17. The van der Waals surface area contributed by atoms with Crippen molar-refractivity contribution in [3.8, 4) is 11.8 Å². The molecule has 5 heteroatoms. The molecule has 0 amide bonds. The van der Waals surface area contributed by atoms with Gasteiger partial charge in [0, 0.05) is 6.54 Å². The predicted octanol–water partition coefficient (Wildman–Crippen LogP) is 2.89. The minimum absolute atomic E-state index is 0.170. The molecule has 4 nitrogen and oxygen atoms in total. The number of nitrogens with zero attached hydrogens (tertiary/aromatic N) is 3. The van der Waals surface area contributed by atoms with E-state index in [1.165, 1.54) is 11.3 Å². The van der Waals surface area contributed by atoms with Gasteiger partial charge in [-0.3, -0.25) is 0 Å². The van der Waals surface area contributed by atoms with Gasteiger partial charge >= 0.3 is 0 Å². The topological polar surface area (TPSA) is 49.1 Å². The molecule has 0 saturated carbocycles. The summed E-state index contributed by atoms with van der Waals surface area (Å²) in [6, 6.07) is 7.84. The fourth-order valence-corrected chi connectivity index (χ4v) is 2.55. The van der Waals surface area contributed by atoms with Crippen molar-refractivity contribution in [2.75, 3.05) is 20.6 Å². The van der Waals surface area contributed by atoms with E-state index < -0.39 is 0 Å². The van der Waals surface area contributed by atoms with Gasteiger partial charge in [-0.2, -0.15) is 5.26 Å². The summed E-state index contributed by atoms with van der Waals surface area (Å²) in [6.07, 6.45) is 1.15. The van der Waals surface area contributed by atoms with E-state index in [1.54, 1.807) is 0 Å². The molecule has 0 fully saturated rings. The Morgan fingerprint density at radius 2 is 2.26 bits per heavy atom. The summed E-state index contributed by atoms with van der Waals surface area (Å²) in [4.78, 5) is 6.35. The molecule has 0 aliphatic carbocycles. The van der Waals surface area contributed by atoms with E-state index >= 15 is 0 Å². The number of hydrogen-bond donors (Lipinski definition) is 0.